The lowest BCUT2D eigenvalue weighted by Crippen LogP contribution is -2.04. The minimum Gasteiger partial charge on any atom is -0.478 e. The number of aryl methyl sites for hydroxylation is 1. The number of carbonyl (C=O) groups is 1. The Hall–Kier alpha value is -4.41. The van der Waals surface area contributed by atoms with Crippen LogP contribution in [-0.2, 0) is 0 Å². The van der Waals surface area contributed by atoms with Gasteiger partial charge in [-0.05, 0) is 42.8 Å². The number of benzene rings is 2. The minimum atomic E-state index is -1.61. The summed E-state index contributed by atoms with van der Waals surface area (Å²) in [6.07, 6.45) is 1.69. The van der Waals surface area contributed by atoms with Crippen LogP contribution in [0.1, 0.15) is 16.2 Å². The number of aromatic carboxylic acids is 1. The zero-order valence-electron chi connectivity index (χ0n) is 17.1. The highest BCUT2D eigenvalue weighted by Gasteiger charge is 2.24. The summed E-state index contributed by atoms with van der Waals surface area (Å²) < 4.78 is 73.1. The molecule has 0 saturated carbocycles. The second kappa shape index (κ2) is 7.58. The molecule has 0 saturated heterocycles. The zero-order valence-corrected chi connectivity index (χ0v) is 17.1. The van der Waals surface area contributed by atoms with Gasteiger partial charge in [0.05, 0.1) is 33.9 Å². The van der Waals surface area contributed by atoms with Crippen LogP contribution in [0.4, 0.5) is 22.0 Å². The molecule has 34 heavy (non-hydrogen) atoms. The van der Waals surface area contributed by atoms with Crippen molar-refractivity contribution in [2.75, 3.05) is 0 Å². The van der Waals surface area contributed by atoms with Crippen molar-refractivity contribution in [2.24, 2.45) is 0 Å². The molecule has 0 radical (unpaired) electrons. The molecule has 1 N–H and O–H groups in total. The smallest absolute Gasteiger partial charge is 0.337 e. The highest BCUT2D eigenvalue weighted by atomic mass is 19.2. The quantitative estimate of drug-likeness (QED) is 0.285. The summed E-state index contributed by atoms with van der Waals surface area (Å²) in [4.78, 5) is 23.0. The normalized spacial score (nSPS) is 11.5. The monoisotopic (exact) mass is 470 g/mol. The Bertz CT molecular complexity index is 1670. The van der Waals surface area contributed by atoms with Crippen LogP contribution in [0.3, 0.4) is 0 Å². The molecule has 0 atom stereocenters. The van der Waals surface area contributed by atoms with E-state index in [1.54, 1.807) is 0 Å². The molecule has 0 unspecified atom stereocenters. The van der Waals surface area contributed by atoms with Crippen molar-refractivity contribution >= 4 is 27.9 Å². The molecule has 3 heterocycles. The van der Waals surface area contributed by atoms with Gasteiger partial charge in [0.2, 0.25) is 5.95 Å². The molecule has 11 heteroatoms. The number of carboxylic acids is 1. The van der Waals surface area contributed by atoms with Crippen LogP contribution >= 0.6 is 0 Å². The van der Waals surface area contributed by atoms with Gasteiger partial charge in [-0.3, -0.25) is 9.55 Å². The van der Waals surface area contributed by atoms with Gasteiger partial charge in [0.25, 0.3) is 0 Å². The van der Waals surface area contributed by atoms with E-state index < -0.39 is 46.3 Å². The first-order valence-electron chi connectivity index (χ1n) is 9.68. The minimum absolute atomic E-state index is 0.0135. The van der Waals surface area contributed by atoms with Crippen molar-refractivity contribution in [2.45, 2.75) is 6.92 Å². The second-order valence-electron chi connectivity index (χ2n) is 7.36. The van der Waals surface area contributed by atoms with Crippen molar-refractivity contribution < 1.29 is 31.9 Å². The lowest BCUT2D eigenvalue weighted by atomic mass is 10.0. The van der Waals surface area contributed by atoms with Gasteiger partial charge >= 0.3 is 5.97 Å². The number of halogens is 5. The standard InChI is InChI=1S/C23H11F5N4O2/c1-9-31-20-11(23(33)34)6-10(17-14(26)8-30-22(28)19(17)27)7-16(20)32(9)15-4-5-29-21-13(25)3-2-12(24)18(15)21/h2-8H,1H3,(H,33,34). The number of imidazole rings is 1. The van der Waals surface area contributed by atoms with Crippen molar-refractivity contribution in [3.8, 4) is 16.8 Å². The van der Waals surface area contributed by atoms with Crippen LogP contribution in [-0.4, -0.2) is 30.6 Å². The van der Waals surface area contributed by atoms with E-state index >= 15 is 0 Å². The van der Waals surface area contributed by atoms with E-state index in [0.717, 1.165) is 18.2 Å². The number of hydrogen-bond acceptors (Lipinski definition) is 4. The summed E-state index contributed by atoms with van der Waals surface area (Å²) in [6, 6.07) is 5.33. The van der Waals surface area contributed by atoms with Gasteiger partial charge in [-0.2, -0.15) is 4.39 Å². The summed E-state index contributed by atoms with van der Waals surface area (Å²) in [5.41, 5.74) is -1.86. The van der Waals surface area contributed by atoms with E-state index in [2.05, 4.69) is 15.0 Å². The SMILES string of the molecule is Cc1nc2c(C(=O)O)cc(-c3c(F)cnc(F)c3F)cc2n1-c1ccnc2c(F)ccc(F)c12. The molecule has 0 aliphatic carbocycles. The third-order valence-electron chi connectivity index (χ3n) is 5.39. The number of hydrogen-bond donors (Lipinski definition) is 1. The summed E-state index contributed by atoms with van der Waals surface area (Å²) >= 11 is 0. The van der Waals surface area contributed by atoms with Crippen LogP contribution in [0.5, 0.6) is 0 Å². The van der Waals surface area contributed by atoms with Crippen molar-refractivity contribution in [3.63, 3.8) is 0 Å². The molecular formula is C23H11F5N4O2. The van der Waals surface area contributed by atoms with E-state index in [1.807, 2.05) is 0 Å². The van der Waals surface area contributed by atoms with Crippen LogP contribution in [0.2, 0.25) is 0 Å². The number of aromatic nitrogens is 4. The number of pyridine rings is 2. The van der Waals surface area contributed by atoms with Gasteiger partial charge in [0, 0.05) is 6.20 Å². The first kappa shape index (κ1) is 21.4. The molecule has 170 valence electrons. The molecule has 5 aromatic rings. The van der Waals surface area contributed by atoms with Crippen LogP contribution in [0.15, 0.2) is 42.7 Å². The molecule has 0 fully saturated rings. The Morgan fingerprint density at radius 3 is 2.41 bits per heavy atom. The molecule has 5 rings (SSSR count). The van der Waals surface area contributed by atoms with E-state index in [4.69, 9.17) is 0 Å². The van der Waals surface area contributed by atoms with Gasteiger partial charge in [0.15, 0.2) is 11.6 Å². The molecule has 0 aliphatic rings. The van der Waals surface area contributed by atoms with E-state index in [0.29, 0.717) is 6.20 Å². The Labute approximate surface area is 187 Å². The maximum absolute atomic E-state index is 14.8. The summed E-state index contributed by atoms with van der Waals surface area (Å²) in [6.45, 7) is 1.49. The number of carboxylic acid groups (broad SMARTS) is 1. The van der Waals surface area contributed by atoms with Crippen LogP contribution in [0.25, 0.3) is 38.8 Å². The third kappa shape index (κ3) is 3.08. The summed E-state index contributed by atoms with van der Waals surface area (Å²) in [5, 5.41) is 9.52. The fourth-order valence-electron chi connectivity index (χ4n) is 3.97. The topological polar surface area (TPSA) is 80.9 Å². The maximum atomic E-state index is 14.8. The lowest BCUT2D eigenvalue weighted by molar-refractivity contribution is 0.0699. The van der Waals surface area contributed by atoms with Gasteiger partial charge < -0.3 is 5.11 Å². The number of rotatable bonds is 3. The molecule has 0 spiro atoms. The van der Waals surface area contributed by atoms with Gasteiger partial charge in [-0.15, -0.1) is 0 Å². The van der Waals surface area contributed by atoms with E-state index in [1.165, 1.54) is 29.8 Å². The van der Waals surface area contributed by atoms with E-state index in [-0.39, 0.29) is 39.0 Å². The highest BCUT2D eigenvalue weighted by molar-refractivity contribution is 6.04. The third-order valence-corrected chi connectivity index (χ3v) is 5.39. The van der Waals surface area contributed by atoms with E-state index in [9.17, 15) is 31.9 Å². The molecule has 0 aliphatic heterocycles. The largest absolute Gasteiger partial charge is 0.478 e. The Kier molecular flexibility index (Phi) is 4.78. The summed E-state index contributed by atoms with van der Waals surface area (Å²) in [7, 11) is 0. The summed E-state index contributed by atoms with van der Waals surface area (Å²) in [5.74, 6) is -7.29. The average Bonchev–Trinajstić information content (AvgIpc) is 3.13. The molecule has 0 amide bonds. The molecular weight excluding hydrogens is 459 g/mol. The maximum Gasteiger partial charge on any atom is 0.337 e. The fourth-order valence-corrected chi connectivity index (χ4v) is 3.97. The van der Waals surface area contributed by atoms with Gasteiger partial charge in [-0.1, -0.05) is 0 Å². The van der Waals surface area contributed by atoms with Crippen LogP contribution < -0.4 is 0 Å². The van der Waals surface area contributed by atoms with Crippen LogP contribution in [0, 0.1) is 36.1 Å². The number of fused-ring (bicyclic) bond motifs is 2. The van der Waals surface area contributed by atoms with Crippen molar-refractivity contribution in [1.29, 1.82) is 0 Å². The zero-order chi connectivity index (χ0) is 24.3. The molecule has 2 aromatic carbocycles. The second-order valence-corrected chi connectivity index (χ2v) is 7.36. The Morgan fingerprint density at radius 1 is 0.941 bits per heavy atom. The Balaban J connectivity index is 1.93. The first-order chi connectivity index (χ1) is 16.2. The first-order valence-corrected chi connectivity index (χ1v) is 9.68. The molecule has 3 aromatic heterocycles. The highest BCUT2D eigenvalue weighted by Crippen LogP contribution is 2.35. The molecule has 0 bridgehead atoms. The van der Waals surface area contributed by atoms with Crippen molar-refractivity contribution in [1.82, 2.24) is 19.5 Å². The van der Waals surface area contributed by atoms with Gasteiger partial charge in [0.1, 0.15) is 28.5 Å². The van der Waals surface area contributed by atoms with Crippen molar-refractivity contribution in [3.05, 3.63) is 83.3 Å². The average molecular weight is 470 g/mol. The molecule has 6 nitrogen and oxygen atoms in total. The lowest BCUT2D eigenvalue weighted by Gasteiger charge is -2.13. The van der Waals surface area contributed by atoms with Gasteiger partial charge in [-0.25, -0.2) is 32.3 Å². The predicted octanol–water partition coefficient (Wildman–Crippen LogP) is 5.34. The fraction of sp³-hybridized carbons (Fsp3) is 0.0435. The number of nitrogens with zero attached hydrogens (tertiary/aromatic N) is 4. The Morgan fingerprint density at radius 2 is 1.68 bits per heavy atom. The predicted molar refractivity (Wildman–Crippen MR) is 111 cm³/mol.